The summed E-state index contributed by atoms with van der Waals surface area (Å²) in [6, 6.07) is 0.676. The van der Waals surface area contributed by atoms with Gasteiger partial charge in [-0.15, -0.1) is 0 Å². The molecule has 0 spiro atoms. The van der Waals surface area contributed by atoms with Crippen LogP contribution in [0.4, 0.5) is 0 Å². The lowest BCUT2D eigenvalue weighted by atomic mass is 10.3. The number of hydrogen-bond donors (Lipinski definition) is 0. The molecule has 2 heteroatoms. The summed E-state index contributed by atoms with van der Waals surface area (Å²) in [4.78, 5) is 0. The molecular weight excluding hydrogens is 227 g/mol. The predicted octanol–water partition coefficient (Wildman–Crippen LogP) is 2.30. The summed E-state index contributed by atoms with van der Waals surface area (Å²) in [7, 11) is -2.68. The Labute approximate surface area is 76.6 Å². The smallest absolute Gasteiger partial charge is 0.119 e. The maximum absolute atomic E-state index is 7.53. The van der Waals surface area contributed by atoms with Gasteiger partial charge < -0.3 is 4.74 Å². The van der Waals surface area contributed by atoms with Crippen LogP contribution in [0.5, 0.6) is 5.75 Å². The number of rotatable bonds is 1. The minimum Gasteiger partial charge on any atom is -0.497 e. The van der Waals surface area contributed by atoms with Crippen molar-refractivity contribution in [2.24, 2.45) is 0 Å². The van der Waals surface area contributed by atoms with Gasteiger partial charge in [0, 0.05) is 3.57 Å². The molecule has 0 aliphatic heterocycles. The minimum absolute atomic E-state index is 0.0171. The average Bonchev–Trinajstić information content (AvgIpc) is 2.07. The zero-order valence-electron chi connectivity index (χ0n) is 10.4. The van der Waals surface area contributed by atoms with E-state index in [1.165, 1.54) is 0 Å². The highest BCUT2D eigenvalue weighted by atomic mass is 127. The van der Waals surface area contributed by atoms with Crippen molar-refractivity contribution in [3.63, 3.8) is 0 Å². The molecule has 0 radical (unpaired) electrons. The maximum atomic E-state index is 7.53. The van der Waals surface area contributed by atoms with Crippen molar-refractivity contribution in [3.8, 4) is 5.75 Å². The van der Waals surface area contributed by atoms with Crippen LogP contribution in [0.15, 0.2) is 24.2 Å². The normalized spacial score (nSPS) is 20.1. The molecule has 48 valence electrons. The van der Waals surface area contributed by atoms with Gasteiger partial charge >= 0.3 is 0 Å². The highest BCUT2D eigenvalue weighted by Crippen LogP contribution is 2.13. The summed E-state index contributed by atoms with van der Waals surface area (Å²) >= 11 is 1.74. The Morgan fingerprint density at radius 2 is 2.67 bits per heavy atom. The molecule has 0 amide bonds. The standard InChI is InChI=1S/C7H7IO/c1-9-7-4-2-3-6(8)5-7/h2-5H,1H3/i1D3,3D,4D,5D. The van der Waals surface area contributed by atoms with Crippen LogP contribution in [0, 0.1) is 3.57 Å². The first kappa shape index (κ1) is 2.42. The number of hydrogen-bond acceptors (Lipinski definition) is 1. The van der Waals surface area contributed by atoms with E-state index < -0.39 is 7.04 Å². The van der Waals surface area contributed by atoms with E-state index in [1.54, 1.807) is 22.6 Å². The molecule has 0 heterocycles. The van der Waals surface area contributed by atoms with Crippen molar-refractivity contribution in [1.82, 2.24) is 0 Å². The topological polar surface area (TPSA) is 9.23 Å². The molecule has 0 bridgehead atoms. The first-order valence-corrected chi connectivity index (χ1v) is 3.25. The molecule has 1 nitrogen and oxygen atoms in total. The molecule has 9 heavy (non-hydrogen) atoms. The quantitative estimate of drug-likeness (QED) is 0.684. The average molecular weight is 240 g/mol. The van der Waals surface area contributed by atoms with Crippen LogP contribution in [0.1, 0.15) is 8.22 Å². The van der Waals surface area contributed by atoms with Crippen molar-refractivity contribution < 1.29 is 13.0 Å². The third-order valence-electron chi connectivity index (χ3n) is 0.727. The van der Waals surface area contributed by atoms with E-state index in [0.29, 0.717) is 0 Å². The largest absolute Gasteiger partial charge is 0.497 e. The van der Waals surface area contributed by atoms with E-state index in [2.05, 4.69) is 4.74 Å². The van der Waals surface area contributed by atoms with E-state index in [4.69, 9.17) is 8.22 Å². The van der Waals surface area contributed by atoms with Crippen molar-refractivity contribution in [1.29, 1.82) is 0 Å². The highest BCUT2D eigenvalue weighted by Gasteiger charge is 1.88. The lowest BCUT2D eigenvalue weighted by molar-refractivity contribution is 0.414. The van der Waals surface area contributed by atoms with Crippen molar-refractivity contribution in [2.45, 2.75) is 0 Å². The summed E-state index contributed by atoms with van der Waals surface area (Å²) in [6.45, 7) is 0. The van der Waals surface area contributed by atoms with E-state index in [0.717, 1.165) is 6.07 Å². The molecule has 0 unspecified atom stereocenters. The molecule has 0 saturated heterocycles. The van der Waals surface area contributed by atoms with Gasteiger partial charge in [0.15, 0.2) is 0 Å². The molecule has 0 atom stereocenters. The molecular formula is C7H7IO. The van der Waals surface area contributed by atoms with Crippen LogP contribution in [0.2, 0.25) is 0 Å². The second-order valence-corrected chi connectivity index (χ2v) is 2.38. The van der Waals surface area contributed by atoms with Gasteiger partial charge in [-0.3, -0.25) is 0 Å². The first-order valence-electron chi connectivity index (χ1n) is 5.17. The molecule has 0 aromatic heterocycles. The SMILES string of the molecule is [2H]c1cc([2H])c(OC([2H])([2H])[2H])c([2H])c1I. The van der Waals surface area contributed by atoms with Crippen molar-refractivity contribution in [3.05, 3.63) is 27.8 Å². The van der Waals surface area contributed by atoms with Gasteiger partial charge in [-0.1, -0.05) is 6.07 Å². The van der Waals surface area contributed by atoms with Crippen LogP contribution in [-0.2, 0) is 0 Å². The van der Waals surface area contributed by atoms with Crippen LogP contribution < -0.4 is 4.74 Å². The van der Waals surface area contributed by atoms with Crippen LogP contribution in [0.25, 0.3) is 0 Å². The second kappa shape index (κ2) is 3.06. The van der Waals surface area contributed by atoms with Gasteiger partial charge in [-0.25, -0.2) is 0 Å². The van der Waals surface area contributed by atoms with Gasteiger partial charge in [-0.2, -0.15) is 0 Å². The summed E-state index contributed by atoms with van der Waals surface area (Å²) in [6.07, 6.45) is 0. The molecule has 1 rings (SSSR count). The van der Waals surface area contributed by atoms with Crippen LogP contribution in [-0.4, -0.2) is 7.04 Å². The number of methoxy groups -OCH3 is 1. The van der Waals surface area contributed by atoms with Gasteiger partial charge in [0.25, 0.3) is 0 Å². The van der Waals surface area contributed by atoms with Gasteiger partial charge in [0.05, 0.1) is 15.3 Å². The van der Waals surface area contributed by atoms with Gasteiger partial charge in [0.1, 0.15) is 5.75 Å². The zero-order chi connectivity index (χ0) is 11.8. The number of halogens is 1. The lowest BCUT2D eigenvalue weighted by Gasteiger charge is -1.96. The Balaban J connectivity index is 3.24. The van der Waals surface area contributed by atoms with Crippen LogP contribution >= 0.6 is 22.6 Å². The minimum atomic E-state index is -2.68. The summed E-state index contributed by atoms with van der Waals surface area (Å²) in [5.41, 5.74) is 0. The van der Waals surface area contributed by atoms with Gasteiger partial charge in [0.2, 0.25) is 0 Å². The third kappa shape index (κ3) is 1.86. The molecule has 1 aromatic rings. The first-order chi connectivity index (χ1) is 6.72. The monoisotopic (exact) mass is 240 g/mol. The van der Waals surface area contributed by atoms with E-state index >= 15 is 0 Å². The number of benzene rings is 1. The fraction of sp³-hybridized carbons (Fsp3) is 0.143. The Bertz CT molecular complexity index is 388. The van der Waals surface area contributed by atoms with Gasteiger partial charge in [-0.05, 0) is 40.7 Å². The molecule has 0 N–H and O–H groups in total. The third-order valence-corrected chi connectivity index (χ3v) is 1.31. The van der Waals surface area contributed by atoms with Crippen molar-refractivity contribution in [2.75, 3.05) is 7.04 Å². The summed E-state index contributed by atoms with van der Waals surface area (Å²) < 4.78 is 47.8. The molecule has 0 aliphatic carbocycles. The Kier molecular flexibility index (Phi) is 0.820. The summed E-state index contributed by atoms with van der Waals surface area (Å²) in [5, 5.41) is 0. The lowest BCUT2D eigenvalue weighted by Crippen LogP contribution is -1.81. The predicted molar refractivity (Wildman–Crippen MR) is 45.7 cm³/mol. The maximum Gasteiger partial charge on any atom is 0.119 e. The summed E-state index contributed by atoms with van der Waals surface area (Å²) in [5.74, 6) is -0.310. The fourth-order valence-electron chi connectivity index (χ4n) is 0.392. The second-order valence-electron chi connectivity index (χ2n) is 1.30. The Morgan fingerprint density at radius 1 is 1.78 bits per heavy atom. The van der Waals surface area contributed by atoms with E-state index in [9.17, 15) is 0 Å². The molecule has 0 fully saturated rings. The van der Waals surface area contributed by atoms with E-state index in [1.807, 2.05) is 0 Å². The van der Waals surface area contributed by atoms with Crippen molar-refractivity contribution >= 4 is 22.6 Å². The number of ether oxygens (including phenoxy) is 1. The Hall–Kier alpha value is -0.250. The Morgan fingerprint density at radius 3 is 3.44 bits per heavy atom. The molecule has 0 saturated carbocycles. The van der Waals surface area contributed by atoms with Crippen LogP contribution in [0.3, 0.4) is 0 Å². The fourth-order valence-corrected chi connectivity index (χ4v) is 0.792. The van der Waals surface area contributed by atoms with E-state index in [-0.39, 0.29) is 27.4 Å². The molecule has 0 aliphatic rings. The molecule has 1 aromatic carbocycles. The zero-order valence-corrected chi connectivity index (χ0v) is 6.52. The highest BCUT2D eigenvalue weighted by molar-refractivity contribution is 14.1.